The van der Waals surface area contributed by atoms with Gasteiger partial charge in [-0.1, -0.05) is 12.1 Å². The lowest BCUT2D eigenvalue weighted by Crippen LogP contribution is -2.18. The van der Waals surface area contributed by atoms with Gasteiger partial charge in [-0.15, -0.1) is 0 Å². The zero-order valence-corrected chi connectivity index (χ0v) is 24.5. The van der Waals surface area contributed by atoms with Crippen LogP contribution in [0.4, 0.5) is 29.1 Å². The van der Waals surface area contributed by atoms with E-state index in [4.69, 9.17) is 15.2 Å². The Bertz CT molecular complexity index is 1980. The fraction of sp³-hybridized carbons (Fsp3) is 0.200. The quantitative estimate of drug-likeness (QED) is 0.103. The third-order valence-electron chi connectivity index (χ3n) is 6.65. The SMILES string of the molecule is Cc1cc(Oc2ccccc2F)ccc1-n1ncc(C(=O)c2cc3cc(OCC(F)F)c(NS(=O)(=O)CCCF)cc3[nH]2)c1N. The minimum Gasteiger partial charge on any atom is -0.485 e. The number of alkyl halides is 3. The Labute approximate surface area is 254 Å². The third kappa shape index (κ3) is 7.03. The number of fused-ring (bicyclic) bond motifs is 1. The first kappa shape index (κ1) is 31.4. The van der Waals surface area contributed by atoms with Crippen molar-refractivity contribution in [1.82, 2.24) is 14.8 Å². The van der Waals surface area contributed by atoms with Gasteiger partial charge in [0, 0.05) is 10.9 Å². The van der Waals surface area contributed by atoms with Crippen molar-refractivity contribution in [2.75, 3.05) is 29.5 Å². The number of nitrogen functional groups attached to an aromatic ring is 1. The van der Waals surface area contributed by atoms with Crippen LogP contribution in [0.1, 0.15) is 28.0 Å². The van der Waals surface area contributed by atoms with Gasteiger partial charge in [0.05, 0.1) is 41.3 Å². The molecule has 10 nitrogen and oxygen atoms in total. The number of nitrogens with one attached hydrogen (secondary N) is 2. The Morgan fingerprint density at radius 1 is 1.11 bits per heavy atom. The molecule has 0 unspecified atom stereocenters. The van der Waals surface area contributed by atoms with Crippen LogP contribution in [-0.4, -0.2) is 54.4 Å². The van der Waals surface area contributed by atoms with Gasteiger partial charge in [0.2, 0.25) is 15.8 Å². The summed E-state index contributed by atoms with van der Waals surface area (Å²) in [5, 5.41) is 4.63. The highest BCUT2D eigenvalue weighted by atomic mass is 32.2. The van der Waals surface area contributed by atoms with E-state index in [1.807, 2.05) is 0 Å². The topological polar surface area (TPSA) is 141 Å². The van der Waals surface area contributed by atoms with Crippen LogP contribution in [0.3, 0.4) is 0 Å². The first-order valence-corrected chi connectivity index (χ1v) is 15.2. The number of aryl methyl sites for hydroxylation is 1. The average Bonchev–Trinajstić information content (AvgIpc) is 3.58. The number of hydrogen-bond donors (Lipinski definition) is 3. The highest BCUT2D eigenvalue weighted by Gasteiger charge is 2.22. The van der Waals surface area contributed by atoms with Gasteiger partial charge >= 0.3 is 0 Å². The molecule has 5 aromatic rings. The molecule has 0 fully saturated rings. The number of para-hydroxylation sites is 1. The number of carbonyl (C=O) groups is 1. The molecule has 5 rings (SSSR count). The number of sulfonamides is 1. The third-order valence-corrected chi connectivity index (χ3v) is 8.01. The summed E-state index contributed by atoms with van der Waals surface area (Å²) in [7, 11) is -4.02. The van der Waals surface area contributed by atoms with Crippen molar-refractivity contribution >= 4 is 38.2 Å². The number of aromatic nitrogens is 3. The van der Waals surface area contributed by atoms with Crippen molar-refractivity contribution < 1.29 is 40.2 Å². The van der Waals surface area contributed by atoms with Crippen molar-refractivity contribution in [2.45, 2.75) is 19.8 Å². The minimum atomic E-state index is -4.02. The van der Waals surface area contributed by atoms with Crippen molar-refractivity contribution in [1.29, 1.82) is 0 Å². The molecule has 45 heavy (non-hydrogen) atoms. The van der Waals surface area contributed by atoms with E-state index in [0.717, 1.165) is 0 Å². The summed E-state index contributed by atoms with van der Waals surface area (Å²) in [5.41, 5.74) is 7.77. The number of rotatable bonds is 13. The number of aromatic amines is 1. The smallest absolute Gasteiger partial charge is 0.272 e. The summed E-state index contributed by atoms with van der Waals surface area (Å²) in [6.45, 7) is -0.0987. The molecule has 0 saturated carbocycles. The molecule has 15 heteroatoms. The second kappa shape index (κ2) is 12.9. The summed E-state index contributed by atoms with van der Waals surface area (Å²) in [5.74, 6) is -1.34. The number of H-pyrrole nitrogens is 1. The molecule has 2 aromatic heterocycles. The second-order valence-corrected chi connectivity index (χ2v) is 11.8. The lowest BCUT2D eigenvalue weighted by Gasteiger charge is -2.14. The maximum atomic E-state index is 14.0. The number of ketones is 1. The predicted molar refractivity (Wildman–Crippen MR) is 160 cm³/mol. The van der Waals surface area contributed by atoms with E-state index >= 15 is 0 Å². The molecular formula is C30H27F4N5O5S. The van der Waals surface area contributed by atoms with E-state index in [9.17, 15) is 30.8 Å². The maximum Gasteiger partial charge on any atom is 0.272 e. The number of benzene rings is 3. The highest BCUT2D eigenvalue weighted by Crippen LogP contribution is 2.34. The fourth-order valence-electron chi connectivity index (χ4n) is 4.55. The average molecular weight is 646 g/mol. The molecule has 0 saturated heterocycles. The Balaban J connectivity index is 1.43. The molecule has 0 atom stereocenters. The lowest BCUT2D eigenvalue weighted by atomic mass is 10.1. The molecule has 0 amide bonds. The number of anilines is 2. The standard InChI is InChI=1S/C30H27F4N5O5S/c1-17-11-19(44-26-6-3-2-5-21(26)32)7-8-25(17)39-30(35)20(15-36-39)29(40)24-12-18-13-27(43-16-28(33)34)23(14-22(18)37-24)38-45(41,42)10-4-9-31/h2-3,5-8,11-15,28,37-38H,4,9-10,16,35H2,1H3. The van der Waals surface area contributed by atoms with E-state index in [-0.39, 0.29) is 46.2 Å². The number of ether oxygens (including phenoxy) is 2. The van der Waals surface area contributed by atoms with Crippen LogP contribution in [0, 0.1) is 12.7 Å². The van der Waals surface area contributed by atoms with Crippen molar-refractivity contribution in [3.8, 4) is 22.9 Å². The molecule has 0 spiro atoms. The van der Waals surface area contributed by atoms with Crippen LogP contribution < -0.4 is 19.9 Å². The Kier molecular flexibility index (Phi) is 8.99. The molecular weight excluding hydrogens is 618 g/mol. The van der Waals surface area contributed by atoms with Crippen LogP contribution in [0.15, 0.2) is 66.9 Å². The van der Waals surface area contributed by atoms with Crippen molar-refractivity contribution in [3.63, 3.8) is 0 Å². The summed E-state index contributed by atoms with van der Waals surface area (Å²) in [6, 6.07) is 14.9. The monoisotopic (exact) mass is 645 g/mol. The van der Waals surface area contributed by atoms with Crippen LogP contribution in [-0.2, 0) is 10.0 Å². The highest BCUT2D eigenvalue weighted by molar-refractivity contribution is 7.92. The van der Waals surface area contributed by atoms with Crippen LogP contribution in [0.2, 0.25) is 0 Å². The molecule has 4 N–H and O–H groups in total. The molecule has 0 aliphatic heterocycles. The molecule has 0 bridgehead atoms. The van der Waals surface area contributed by atoms with Crippen LogP contribution in [0.25, 0.3) is 16.6 Å². The second-order valence-electron chi connectivity index (χ2n) is 9.95. The van der Waals surface area contributed by atoms with E-state index in [0.29, 0.717) is 22.4 Å². The lowest BCUT2D eigenvalue weighted by molar-refractivity contribution is 0.0823. The Morgan fingerprint density at radius 3 is 2.60 bits per heavy atom. The minimum absolute atomic E-state index is 0.0202. The largest absolute Gasteiger partial charge is 0.485 e. The number of nitrogens with two attached hydrogens (primary N) is 1. The predicted octanol–water partition coefficient (Wildman–Crippen LogP) is 6.15. The molecule has 0 radical (unpaired) electrons. The van der Waals surface area contributed by atoms with Gasteiger partial charge in [-0.3, -0.25) is 13.9 Å². The van der Waals surface area contributed by atoms with E-state index in [2.05, 4.69) is 14.8 Å². The summed E-state index contributed by atoms with van der Waals surface area (Å²) < 4.78 is 91.5. The molecule has 2 heterocycles. The fourth-order valence-corrected chi connectivity index (χ4v) is 5.64. The zero-order chi connectivity index (χ0) is 32.3. The maximum absolute atomic E-state index is 14.0. The first-order chi connectivity index (χ1) is 21.5. The number of nitrogens with zero attached hydrogens (tertiary/aromatic N) is 2. The number of halogens is 4. The first-order valence-electron chi connectivity index (χ1n) is 13.5. The molecule has 0 aliphatic rings. The number of carbonyl (C=O) groups excluding carboxylic acids is 1. The molecule has 3 aromatic carbocycles. The van der Waals surface area contributed by atoms with E-state index < -0.39 is 47.1 Å². The van der Waals surface area contributed by atoms with Gasteiger partial charge < -0.3 is 20.2 Å². The van der Waals surface area contributed by atoms with E-state index in [1.54, 1.807) is 37.3 Å². The normalized spacial score (nSPS) is 11.7. The summed E-state index contributed by atoms with van der Waals surface area (Å²) >= 11 is 0. The Hall–Kier alpha value is -5.05. The molecule has 236 valence electrons. The van der Waals surface area contributed by atoms with Crippen LogP contribution in [0.5, 0.6) is 17.2 Å². The van der Waals surface area contributed by atoms with Gasteiger partial charge in [0.1, 0.15) is 23.9 Å². The van der Waals surface area contributed by atoms with Gasteiger partial charge in [-0.25, -0.2) is 26.3 Å². The Morgan fingerprint density at radius 2 is 1.89 bits per heavy atom. The molecule has 0 aliphatic carbocycles. The van der Waals surface area contributed by atoms with Gasteiger partial charge in [0.15, 0.2) is 11.6 Å². The van der Waals surface area contributed by atoms with Crippen LogP contribution >= 0.6 is 0 Å². The van der Waals surface area contributed by atoms with Gasteiger partial charge in [0.25, 0.3) is 6.43 Å². The zero-order valence-electron chi connectivity index (χ0n) is 23.7. The summed E-state index contributed by atoms with van der Waals surface area (Å²) in [6.07, 6.45) is -1.81. The van der Waals surface area contributed by atoms with Gasteiger partial charge in [-0.2, -0.15) is 5.10 Å². The number of hydrogen-bond acceptors (Lipinski definition) is 7. The van der Waals surface area contributed by atoms with Gasteiger partial charge in [-0.05, 0) is 67.4 Å². The van der Waals surface area contributed by atoms with Crippen molar-refractivity contribution in [3.05, 3.63) is 89.5 Å². The van der Waals surface area contributed by atoms with E-state index in [1.165, 1.54) is 41.2 Å². The van der Waals surface area contributed by atoms with Crippen molar-refractivity contribution in [2.24, 2.45) is 0 Å². The summed E-state index contributed by atoms with van der Waals surface area (Å²) in [4.78, 5) is 16.4.